The van der Waals surface area contributed by atoms with E-state index < -0.39 is 91.8 Å². The number of rotatable bonds is 52. The fraction of sp³-hybridized carbons (Fsp3) is 0.344. The first-order valence-corrected chi connectivity index (χ1v) is 45.6. The van der Waals surface area contributed by atoms with Gasteiger partial charge in [0.1, 0.15) is 40.5 Å². The maximum Gasteiger partial charge on any atom is 1.00 e. The van der Waals surface area contributed by atoms with Crippen molar-refractivity contribution in [3.63, 3.8) is 0 Å². The summed E-state index contributed by atoms with van der Waals surface area (Å²) in [5, 5.41) is 78.9. The van der Waals surface area contributed by atoms with Crippen molar-refractivity contribution in [1.29, 1.82) is 0 Å². The average molecular weight is 2120 g/mol. The Bertz CT molecular complexity index is 5580. The quantitative estimate of drug-likeness (QED) is 0.00320. The molecule has 0 amide bonds. The van der Waals surface area contributed by atoms with E-state index in [-0.39, 0.29) is 456 Å². The summed E-state index contributed by atoms with van der Waals surface area (Å²) in [6, 6.07) is 13.9. The normalized spacial score (nSPS) is 11.1. The standard InChI is InChI=1S/C32H44N12O16S4.C24H24Cl2N10O12S4.C4H11NO2.CH4.8Na/c45-11-15-57-13-7-33-27-39-29(35-9-17-61-60-59-47)43-31(41-27)37-23-5-3-21(25(19-23)63(51,52)53)1-2-22-4-6-24(20-26(22)64(54,55)56)38-32-42-28(34-8-14-58-16-12-46)40-30(44-32)36-10-18-62(48,49)50;25-19-31-21(27-7-9-49-48-47-37)35-23(33-19)29-15-5-3-13(17(11-15)51(41,42)43)1-2-14-4-6-16(12-18(14)52(44,45)46)30-24-34-20(26)32-22(36-24)28-8-10-50(38,39)40;5-1-3-7-4-2-6;;;;;;;;;/h1-6,19-20,45-47H,7-18H2,(H,48,49,50)(H,51,52,53)(H,54,55,56)(H3,33,35,37,39,41,43)(H3,34,36,38,40,42,44);1-6,11-12,37H,7-10H2,(H,38,39,40)(H,41,42,43)(H,44,45,46)(H2,27,29,31,33,35)(H2,28,30,32,34,36);6H,1-5H2;1H4;;;;;;;;/q;;;;8*+1/p-8. The van der Waals surface area contributed by atoms with E-state index >= 15 is 0 Å². The molecule has 0 fully saturated rings. The van der Waals surface area contributed by atoms with Gasteiger partial charge in [-0.15, -0.1) is 0 Å². The molecule has 4 heterocycles. The first kappa shape index (κ1) is 137. The molecule has 0 radical (unpaired) electrons. The maximum absolute atomic E-state index is 12.5. The molecule has 0 aliphatic carbocycles. The number of aromatic nitrogens is 12. The van der Waals surface area contributed by atoms with E-state index in [9.17, 15) is 88.3 Å². The first-order chi connectivity index (χ1) is 58.3. The maximum atomic E-state index is 12.5. The van der Waals surface area contributed by atoms with Crippen LogP contribution in [0.4, 0.5) is 82.2 Å². The number of aliphatic hydroxyl groups is 3. The smallest absolute Gasteiger partial charge is 0.748 e. The number of hydrogen-bond donors (Lipinski definition) is 14. The molecule has 15 N–H and O–H groups in total. The largest absolute Gasteiger partial charge is 1.00 e. The van der Waals surface area contributed by atoms with Crippen LogP contribution in [0.25, 0.3) is 24.3 Å². The van der Waals surface area contributed by atoms with Crippen LogP contribution in [0.15, 0.2) is 92.4 Å². The van der Waals surface area contributed by atoms with Crippen molar-refractivity contribution in [3.8, 4) is 0 Å². The minimum Gasteiger partial charge on any atom is -0.748 e. The van der Waals surface area contributed by atoms with Crippen molar-refractivity contribution in [1.82, 2.24) is 59.8 Å². The van der Waals surface area contributed by atoms with Crippen molar-refractivity contribution in [3.05, 3.63) is 106 Å². The molecule has 0 aliphatic heterocycles. The Balaban J connectivity index is -0.00000110. The van der Waals surface area contributed by atoms with Crippen LogP contribution in [0, 0.1) is 0 Å². The predicted octanol–water partition coefficient (Wildman–Crippen LogP) is -24.7. The summed E-state index contributed by atoms with van der Waals surface area (Å²) >= 11 is 13.2. The predicted molar refractivity (Wildman–Crippen MR) is 437 cm³/mol. The van der Waals surface area contributed by atoms with Crippen molar-refractivity contribution in [2.24, 2.45) is 5.73 Å². The zero-order valence-corrected chi connectivity index (χ0v) is 94.8. The van der Waals surface area contributed by atoms with Gasteiger partial charge in [-0.25, -0.2) is 50.5 Å². The zero-order chi connectivity index (χ0) is 90.2. The molecule has 0 spiro atoms. The van der Waals surface area contributed by atoms with Crippen LogP contribution in [0.3, 0.4) is 0 Å². The Morgan fingerprint density at radius 2 is 0.568 bits per heavy atom. The number of ether oxygens (including phenoxy) is 3. The second-order valence-corrected chi connectivity index (χ2v) is 33.6. The molecule has 684 valence electrons. The van der Waals surface area contributed by atoms with E-state index in [0.717, 1.165) is 48.6 Å². The zero-order valence-electron chi connectivity index (χ0n) is 70.7. The van der Waals surface area contributed by atoms with E-state index in [1.807, 2.05) is 0 Å². The topological polar surface area (TPSA) is 816 Å². The van der Waals surface area contributed by atoms with E-state index in [1.54, 1.807) is 0 Å². The third-order valence-corrected chi connectivity index (χ3v) is 20.3. The molecular formula is C61H75Cl2N23Na8O30S8. The van der Waals surface area contributed by atoms with E-state index in [4.69, 9.17) is 58.5 Å². The Hall–Kier alpha value is -1.38. The van der Waals surface area contributed by atoms with Crippen molar-refractivity contribution in [2.75, 3.05) is 181 Å². The molecule has 132 heavy (non-hydrogen) atoms. The number of aliphatic hydroxyl groups excluding tert-OH is 3. The Kier molecular flexibility index (Phi) is 73.8. The van der Waals surface area contributed by atoms with Gasteiger partial charge in [0.2, 0.25) is 70.1 Å². The van der Waals surface area contributed by atoms with Crippen LogP contribution in [0.1, 0.15) is 29.7 Å². The van der Waals surface area contributed by atoms with Gasteiger partial charge in [-0.3, -0.25) is 10.1 Å². The number of nitrogens with zero attached hydrogens (tertiary/aromatic N) is 12. The van der Waals surface area contributed by atoms with Crippen LogP contribution >= 0.6 is 47.3 Å². The molecule has 0 unspecified atom stereocenters. The van der Waals surface area contributed by atoms with Crippen LogP contribution in [-0.2, 0) is 93.7 Å². The van der Waals surface area contributed by atoms with Gasteiger partial charge < -0.3 is 126 Å². The fourth-order valence-electron chi connectivity index (χ4n) is 9.04. The van der Waals surface area contributed by atoms with Crippen molar-refractivity contribution in [2.45, 2.75) is 27.0 Å². The molecule has 53 nitrogen and oxygen atoms in total. The van der Waals surface area contributed by atoms with Crippen LogP contribution in [-0.4, -0.2) is 281 Å². The molecule has 4 aromatic carbocycles. The van der Waals surface area contributed by atoms with Crippen LogP contribution in [0.2, 0.25) is 10.6 Å². The summed E-state index contributed by atoms with van der Waals surface area (Å²) in [4.78, 5) is 45.3. The van der Waals surface area contributed by atoms with Gasteiger partial charge >= 0.3 is 236 Å². The molecule has 0 saturated heterocycles. The van der Waals surface area contributed by atoms with E-state index in [1.165, 1.54) is 48.5 Å². The van der Waals surface area contributed by atoms with Gasteiger partial charge in [-0.2, -0.15) is 68.5 Å². The molecule has 8 rings (SSSR count). The van der Waals surface area contributed by atoms with Gasteiger partial charge in [0.25, 0.3) is 0 Å². The van der Waals surface area contributed by atoms with Crippen molar-refractivity contribution >= 4 is 215 Å². The minimum absolute atomic E-state index is 0. The van der Waals surface area contributed by atoms with E-state index in [0.29, 0.717) is 43.8 Å². The first-order valence-electron chi connectivity index (χ1n) is 34.2. The molecule has 0 atom stereocenters. The monoisotopic (exact) mass is 2120 g/mol. The summed E-state index contributed by atoms with van der Waals surface area (Å²) in [5.41, 5.74) is 4.27. The third-order valence-electron chi connectivity index (χ3n) is 13.9. The summed E-state index contributed by atoms with van der Waals surface area (Å²) in [6.07, 6.45) is 4.39. The number of hydrogen-bond acceptors (Lipinski definition) is 55. The fourth-order valence-corrected chi connectivity index (χ4v) is 13.4. The van der Waals surface area contributed by atoms with Crippen LogP contribution in [0.5, 0.6) is 0 Å². The Morgan fingerprint density at radius 1 is 0.341 bits per heavy atom. The minimum atomic E-state index is -5.22. The number of nitrogens with two attached hydrogens (primary N) is 1. The summed E-state index contributed by atoms with van der Waals surface area (Å²) in [7, 11) is -29.8. The third kappa shape index (κ3) is 55.3. The molecule has 71 heteroatoms. The van der Waals surface area contributed by atoms with E-state index in [2.05, 4.69) is 132 Å². The number of halogens is 2. The van der Waals surface area contributed by atoms with Crippen molar-refractivity contribution < 1.29 is 373 Å². The average Bonchev–Trinajstić information content (AvgIpc) is 0.801. The SMILES string of the molecule is C.NCCOCCO.O=S(=O)([O-])CCNc1nc(Cl)nc(Nc2ccc(C=Cc3ccc(Nc4nc(Cl)nc(NCCSOO[O-])n4)cc3S(=O)(=O)[O-])c(S(=O)(=O)[O-])c2)n1.O=S(=O)([O-])CCNc1nc(NCCOCCO)nc(Nc2ccc(C=Cc3ccc(Nc4nc(NCCOCCO)nc(NCCSOO[O-])n4)cc3S(=O)(=O)[O-])c(S(=O)(=O)[O-])c2)n1.[Na+].[Na+].[Na+].[Na+].[Na+].[Na+].[Na+].[Na+]. The van der Waals surface area contributed by atoms with Gasteiger partial charge in [-0.05, 0) is 94.0 Å². The molecule has 8 aromatic rings. The number of anilines is 14. The second-order valence-electron chi connectivity index (χ2n) is 22.9. The van der Waals surface area contributed by atoms with Crippen LogP contribution < -0.4 is 306 Å². The van der Waals surface area contributed by atoms with Gasteiger partial charge in [-0.1, -0.05) is 56.0 Å². The molecule has 0 saturated carbocycles. The second kappa shape index (κ2) is 71.1. The number of nitrogens with one attached hydrogen (secondary N) is 10. The summed E-state index contributed by atoms with van der Waals surface area (Å²) < 4.78 is 237. The molecule has 0 bridgehead atoms. The Morgan fingerprint density at radius 3 is 0.811 bits per heavy atom. The van der Waals surface area contributed by atoms with Gasteiger partial charge in [0, 0.05) is 104 Å². The van der Waals surface area contributed by atoms with Gasteiger partial charge in [0.15, 0.2) is 0 Å². The summed E-state index contributed by atoms with van der Waals surface area (Å²) in [5.74, 6) is -2.27. The molecular weight excluding hydrogens is 2050 g/mol. The van der Waals surface area contributed by atoms with Gasteiger partial charge in [0.05, 0.1) is 111 Å². The Labute approximate surface area is 953 Å². The number of benzene rings is 4. The molecule has 0 aliphatic rings. The molecule has 4 aromatic heterocycles. The summed E-state index contributed by atoms with van der Waals surface area (Å²) in [6.45, 7) is 1.65.